The zero-order valence-electron chi connectivity index (χ0n) is 27.6. The van der Waals surface area contributed by atoms with Gasteiger partial charge in [0.25, 0.3) is 11.8 Å². The Hall–Kier alpha value is -4.91. The molecule has 4 bridgehead atoms. The number of halogens is 1. The van der Waals surface area contributed by atoms with Gasteiger partial charge in [0, 0.05) is 44.5 Å². The number of carbonyl (C=O) groups is 3. The first-order valence-corrected chi connectivity index (χ1v) is 16.6. The third kappa shape index (κ3) is 8.22. The number of benzene rings is 2. The molecule has 13 heteroatoms. The molecule has 0 spiro atoms. The third-order valence-corrected chi connectivity index (χ3v) is 9.24. The first-order valence-electron chi connectivity index (χ1n) is 16.6. The molecule has 0 aliphatic carbocycles. The lowest BCUT2D eigenvalue weighted by molar-refractivity contribution is -0.125. The second-order valence-electron chi connectivity index (χ2n) is 12.7. The lowest BCUT2D eigenvalue weighted by Crippen LogP contribution is -2.59. The fraction of sp³-hybridized carbons (Fsp3) is 0.444. The van der Waals surface area contributed by atoms with Crippen LogP contribution in [0.5, 0.6) is 17.2 Å². The van der Waals surface area contributed by atoms with Crippen LogP contribution in [0.3, 0.4) is 0 Å². The average molecular weight is 677 g/mol. The summed E-state index contributed by atoms with van der Waals surface area (Å²) in [5.41, 5.74) is 1.11. The number of amides is 3. The molecular weight excluding hydrogens is 635 g/mol. The number of ether oxygens (including phenoxy) is 3. The lowest BCUT2D eigenvalue weighted by Gasteiger charge is -2.39. The van der Waals surface area contributed by atoms with Crippen LogP contribution in [0.4, 0.5) is 4.39 Å². The summed E-state index contributed by atoms with van der Waals surface area (Å²) < 4.78 is 37.9. The molecule has 3 aliphatic heterocycles. The predicted molar refractivity (Wildman–Crippen MR) is 176 cm³/mol. The van der Waals surface area contributed by atoms with Crippen molar-refractivity contribution in [2.75, 3.05) is 39.9 Å². The number of fused-ring (bicyclic) bond motifs is 5. The second kappa shape index (κ2) is 15.1. The first-order chi connectivity index (χ1) is 23.7. The van der Waals surface area contributed by atoms with Gasteiger partial charge in [-0.1, -0.05) is 6.07 Å². The molecule has 3 aliphatic rings. The number of methoxy groups -OCH3 is 1. The van der Waals surface area contributed by atoms with Crippen LogP contribution in [-0.4, -0.2) is 74.7 Å². The molecule has 2 aromatic carbocycles. The summed E-state index contributed by atoms with van der Waals surface area (Å²) in [7, 11) is 1.49. The van der Waals surface area contributed by atoms with Crippen LogP contribution in [0, 0.1) is 12.7 Å². The van der Waals surface area contributed by atoms with Gasteiger partial charge in [-0.2, -0.15) is 0 Å². The maximum Gasteiger partial charge on any atom is 0.349 e. The van der Waals surface area contributed by atoms with Gasteiger partial charge >= 0.3 is 5.63 Å². The molecule has 2 fully saturated rings. The highest BCUT2D eigenvalue weighted by molar-refractivity contribution is 5.95. The number of carbonyl (C=O) groups excluding carboxylic acids is 3. The van der Waals surface area contributed by atoms with Crippen LogP contribution < -0.4 is 35.8 Å². The van der Waals surface area contributed by atoms with Crippen molar-refractivity contribution in [1.82, 2.24) is 20.9 Å². The summed E-state index contributed by atoms with van der Waals surface area (Å²) in [4.78, 5) is 54.5. The van der Waals surface area contributed by atoms with Crippen molar-refractivity contribution in [3.8, 4) is 17.2 Å². The number of aryl methyl sites for hydroxylation is 2. The van der Waals surface area contributed by atoms with Gasteiger partial charge in [0.1, 0.15) is 29.0 Å². The summed E-state index contributed by atoms with van der Waals surface area (Å²) in [5.74, 6) is -0.0738. The van der Waals surface area contributed by atoms with Crippen molar-refractivity contribution in [2.45, 2.75) is 63.6 Å². The van der Waals surface area contributed by atoms with E-state index in [1.54, 1.807) is 31.2 Å². The molecule has 3 amide bonds. The maximum absolute atomic E-state index is 14.7. The van der Waals surface area contributed by atoms with Gasteiger partial charge in [0.15, 0.2) is 18.1 Å². The van der Waals surface area contributed by atoms with E-state index in [1.165, 1.54) is 24.1 Å². The highest BCUT2D eigenvalue weighted by Crippen LogP contribution is 2.30. The van der Waals surface area contributed by atoms with Crippen LogP contribution in [0.2, 0.25) is 0 Å². The third-order valence-electron chi connectivity index (χ3n) is 9.24. The molecule has 4 heterocycles. The van der Waals surface area contributed by atoms with Crippen molar-refractivity contribution in [3.63, 3.8) is 0 Å². The minimum absolute atomic E-state index is 0.0151. The standard InChI is InChI=1S/C36H41FN4O8/c1-21-13-30(24-7-10-38-11-8-24)49-36(45)34(21)35(44)41-12-9-28-27(19-41)40-33(43)20-47-31-16-22(3-5-29(31)46-2)4-6-32(42)39-18-23-14-25(37)17-26(15-23)48-28/h3,5,13-17,24,27-28,38H,4,6-12,18-20H2,1-2H3,(H,39,42)(H,40,43)/t27-,28-/m1/s1. The Morgan fingerprint density at radius 2 is 1.80 bits per heavy atom. The van der Waals surface area contributed by atoms with Crippen molar-refractivity contribution in [2.24, 2.45) is 0 Å². The van der Waals surface area contributed by atoms with E-state index < -0.39 is 35.4 Å². The molecule has 0 radical (unpaired) electrons. The summed E-state index contributed by atoms with van der Waals surface area (Å²) in [6, 6.07) is 10.5. The Morgan fingerprint density at radius 1 is 0.980 bits per heavy atom. The molecule has 0 saturated carbocycles. The van der Waals surface area contributed by atoms with E-state index in [4.69, 9.17) is 18.6 Å². The van der Waals surface area contributed by atoms with Crippen LogP contribution in [-0.2, 0) is 22.6 Å². The molecule has 49 heavy (non-hydrogen) atoms. The van der Waals surface area contributed by atoms with E-state index in [-0.39, 0.29) is 62.2 Å². The Bertz CT molecular complexity index is 1770. The lowest BCUT2D eigenvalue weighted by atomic mass is 9.93. The smallest absolute Gasteiger partial charge is 0.349 e. The number of nitrogens with one attached hydrogen (secondary N) is 3. The fourth-order valence-corrected chi connectivity index (χ4v) is 6.64. The van der Waals surface area contributed by atoms with Crippen LogP contribution in [0.1, 0.15) is 64.4 Å². The van der Waals surface area contributed by atoms with E-state index in [9.17, 15) is 23.6 Å². The highest BCUT2D eigenvalue weighted by Gasteiger charge is 2.36. The molecule has 12 nitrogen and oxygen atoms in total. The fourth-order valence-electron chi connectivity index (χ4n) is 6.64. The molecule has 260 valence electrons. The van der Waals surface area contributed by atoms with Crippen molar-refractivity contribution >= 4 is 17.7 Å². The zero-order chi connectivity index (χ0) is 34.5. The Kier molecular flexibility index (Phi) is 10.5. The van der Waals surface area contributed by atoms with Gasteiger partial charge in [-0.15, -0.1) is 0 Å². The number of likely N-dealkylation sites (tertiary alicyclic amines) is 1. The van der Waals surface area contributed by atoms with Crippen LogP contribution >= 0.6 is 0 Å². The topological polar surface area (TPSA) is 148 Å². The molecule has 2 atom stereocenters. The Morgan fingerprint density at radius 3 is 2.57 bits per heavy atom. The number of nitrogens with zero attached hydrogens (tertiary/aromatic N) is 1. The summed E-state index contributed by atoms with van der Waals surface area (Å²) in [5, 5.41) is 9.05. The van der Waals surface area contributed by atoms with Gasteiger partial charge < -0.3 is 39.5 Å². The Balaban J connectivity index is 1.26. The molecule has 0 unspecified atom stereocenters. The molecule has 6 rings (SSSR count). The van der Waals surface area contributed by atoms with Gasteiger partial charge in [0.05, 0.1) is 13.2 Å². The van der Waals surface area contributed by atoms with E-state index >= 15 is 0 Å². The quantitative estimate of drug-likeness (QED) is 0.381. The van der Waals surface area contributed by atoms with Gasteiger partial charge in [-0.3, -0.25) is 14.4 Å². The van der Waals surface area contributed by atoms with E-state index in [0.29, 0.717) is 34.8 Å². The highest BCUT2D eigenvalue weighted by atomic mass is 19.1. The molecule has 2 saturated heterocycles. The molecule has 3 aromatic rings. The SMILES string of the molecule is COc1ccc2cc1OCC(=O)N[C@@H]1CN(C(=O)c3c(C)cc(C4CCNCC4)oc3=O)CC[C@H]1Oc1cc(F)cc(c1)CNC(=O)CC2. The van der Waals surface area contributed by atoms with Gasteiger partial charge in [0.2, 0.25) is 5.91 Å². The normalized spacial score (nSPS) is 20.8. The van der Waals surface area contributed by atoms with E-state index in [1.807, 2.05) is 6.07 Å². The summed E-state index contributed by atoms with van der Waals surface area (Å²) >= 11 is 0. The number of hydrogen-bond acceptors (Lipinski definition) is 9. The van der Waals surface area contributed by atoms with Crippen LogP contribution in [0.15, 0.2) is 51.7 Å². The molecular formula is C36H41FN4O8. The van der Waals surface area contributed by atoms with Gasteiger partial charge in [-0.05, 0) is 86.3 Å². The van der Waals surface area contributed by atoms with Gasteiger partial charge in [-0.25, -0.2) is 9.18 Å². The number of rotatable bonds is 3. The van der Waals surface area contributed by atoms with Crippen molar-refractivity contribution in [1.29, 1.82) is 0 Å². The number of piperidine rings is 2. The minimum Gasteiger partial charge on any atom is -0.493 e. The summed E-state index contributed by atoms with van der Waals surface area (Å²) in [6.07, 6.45) is 1.89. The van der Waals surface area contributed by atoms with Crippen molar-refractivity contribution < 1.29 is 37.4 Å². The molecule has 3 N–H and O–H groups in total. The van der Waals surface area contributed by atoms with E-state index in [2.05, 4.69) is 16.0 Å². The first kappa shape index (κ1) is 34.0. The second-order valence-corrected chi connectivity index (χ2v) is 12.7. The number of hydrogen-bond donors (Lipinski definition) is 3. The average Bonchev–Trinajstić information content (AvgIpc) is 3.09. The Labute approximate surface area is 283 Å². The minimum atomic E-state index is -0.742. The monoisotopic (exact) mass is 676 g/mol. The zero-order valence-corrected chi connectivity index (χ0v) is 27.6. The van der Waals surface area contributed by atoms with Crippen LogP contribution in [0.25, 0.3) is 0 Å². The largest absolute Gasteiger partial charge is 0.493 e. The maximum atomic E-state index is 14.7. The summed E-state index contributed by atoms with van der Waals surface area (Å²) in [6.45, 7) is 3.34. The van der Waals surface area contributed by atoms with E-state index in [0.717, 1.165) is 31.5 Å². The predicted octanol–water partition coefficient (Wildman–Crippen LogP) is 2.98. The van der Waals surface area contributed by atoms with Crippen molar-refractivity contribution in [3.05, 3.63) is 86.7 Å². The molecule has 1 aromatic heterocycles.